The number of hydrogen-bond donors (Lipinski definition) is 0. The first-order chi connectivity index (χ1) is 6.38. The zero-order valence-corrected chi connectivity index (χ0v) is 10.7. The summed E-state index contributed by atoms with van der Waals surface area (Å²) >= 11 is 1.60. The Labute approximate surface area is 91.7 Å². The van der Waals surface area contributed by atoms with Crippen molar-refractivity contribution in [2.45, 2.75) is 47.5 Å². The van der Waals surface area contributed by atoms with Crippen molar-refractivity contribution in [2.75, 3.05) is 0 Å². The minimum Gasteiger partial charge on any atom is -0.197 e. The quantitative estimate of drug-likeness (QED) is 0.738. The second kappa shape index (κ2) is 4.43. The fraction of sp³-hybridized carbons (Fsp3) is 0.750. The lowest BCUT2D eigenvalue weighted by Gasteiger charge is -2.18. The van der Waals surface area contributed by atoms with Crippen molar-refractivity contribution in [3.63, 3.8) is 0 Å². The minimum absolute atomic E-state index is 0.370. The van der Waals surface area contributed by atoms with Crippen molar-refractivity contribution >= 4 is 11.5 Å². The monoisotopic (exact) mass is 211 g/mol. The van der Waals surface area contributed by atoms with Crippen molar-refractivity contribution in [1.82, 2.24) is 4.37 Å². The fourth-order valence-corrected chi connectivity index (χ4v) is 2.27. The summed E-state index contributed by atoms with van der Waals surface area (Å²) < 4.78 is 4.48. The third-order valence-electron chi connectivity index (χ3n) is 2.05. The maximum atomic E-state index is 4.48. The summed E-state index contributed by atoms with van der Waals surface area (Å²) in [5.41, 5.74) is 3.14. The highest BCUT2D eigenvalue weighted by molar-refractivity contribution is 7.03. The van der Waals surface area contributed by atoms with Crippen LogP contribution in [-0.4, -0.2) is 4.37 Å². The van der Waals surface area contributed by atoms with Gasteiger partial charge in [-0.2, -0.15) is 4.37 Å². The largest absolute Gasteiger partial charge is 0.197 e. The average molecular weight is 211 g/mol. The molecule has 1 aromatic heterocycles. The lowest BCUT2D eigenvalue weighted by Crippen LogP contribution is -2.10. The van der Waals surface area contributed by atoms with Gasteiger partial charge >= 0.3 is 0 Å². The second-order valence-electron chi connectivity index (χ2n) is 5.62. The number of aromatic nitrogens is 1. The summed E-state index contributed by atoms with van der Waals surface area (Å²) in [6.45, 7) is 11.3. The highest BCUT2D eigenvalue weighted by atomic mass is 32.1. The molecule has 0 saturated heterocycles. The molecule has 0 radical (unpaired) electrons. The Balaban J connectivity index is 2.72. The summed E-state index contributed by atoms with van der Waals surface area (Å²) in [6, 6.07) is 0. The van der Waals surface area contributed by atoms with Gasteiger partial charge in [-0.3, -0.25) is 0 Å². The molecule has 1 heterocycles. The summed E-state index contributed by atoms with van der Waals surface area (Å²) in [4.78, 5) is 0. The van der Waals surface area contributed by atoms with E-state index >= 15 is 0 Å². The van der Waals surface area contributed by atoms with Crippen LogP contribution in [0.3, 0.4) is 0 Å². The van der Waals surface area contributed by atoms with E-state index in [-0.39, 0.29) is 0 Å². The molecule has 0 fully saturated rings. The molecule has 0 amide bonds. The van der Waals surface area contributed by atoms with Gasteiger partial charge < -0.3 is 0 Å². The van der Waals surface area contributed by atoms with E-state index in [0.29, 0.717) is 11.3 Å². The third kappa shape index (κ3) is 3.79. The van der Waals surface area contributed by atoms with Gasteiger partial charge in [0, 0.05) is 5.38 Å². The summed E-state index contributed by atoms with van der Waals surface area (Å²) in [5.74, 6) is 0.704. The van der Waals surface area contributed by atoms with Gasteiger partial charge in [-0.05, 0) is 41.3 Å². The van der Waals surface area contributed by atoms with Crippen LogP contribution < -0.4 is 0 Å². The van der Waals surface area contributed by atoms with Crippen LogP contribution in [0.4, 0.5) is 0 Å². The van der Waals surface area contributed by atoms with Gasteiger partial charge in [-0.25, -0.2) is 0 Å². The summed E-state index contributed by atoms with van der Waals surface area (Å²) in [6.07, 6.45) is 2.26. The first-order valence-corrected chi connectivity index (χ1v) is 6.14. The molecular weight excluding hydrogens is 190 g/mol. The van der Waals surface area contributed by atoms with Gasteiger partial charge in [0.15, 0.2) is 0 Å². The van der Waals surface area contributed by atoms with Gasteiger partial charge in [0.25, 0.3) is 0 Å². The highest BCUT2D eigenvalue weighted by Gasteiger charge is 2.16. The van der Waals surface area contributed by atoms with Gasteiger partial charge in [-0.1, -0.05) is 34.6 Å². The Hall–Kier alpha value is -0.370. The standard InChI is InChI=1S/C12H21NS/c1-9(2)6-11-10(8-14-13-11)7-12(3,4)5/h8-9H,6-7H2,1-5H3. The van der Waals surface area contributed by atoms with E-state index < -0.39 is 0 Å². The van der Waals surface area contributed by atoms with E-state index in [9.17, 15) is 0 Å². The van der Waals surface area contributed by atoms with Crippen LogP contribution >= 0.6 is 11.5 Å². The molecule has 0 aliphatic carbocycles. The Kier molecular flexibility index (Phi) is 3.71. The smallest absolute Gasteiger partial charge is 0.0576 e. The lowest BCUT2D eigenvalue weighted by atomic mass is 9.87. The van der Waals surface area contributed by atoms with Crippen LogP contribution in [0.2, 0.25) is 0 Å². The first kappa shape index (κ1) is 11.7. The molecule has 0 aromatic carbocycles. The minimum atomic E-state index is 0.370. The van der Waals surface area contributed by atoms with E-state index in [1.54, 1.807) is 11.5 Å². The maximum Gasteiger partial charge on any atom is 0.0576 e. The Morgan fingerprint density at radius 3 is 2.50 bits per heavy atom. The number of hydrogen-bond acceptors (Lipinski definition) is 2. The molecule has 0 bridgehead atoms. The van der Waals surface area contributed by atoms with Gasteiger partial charge in [0.1, 0.15) is 0 Å². The molecule has 1 nitrogen and oxygen atoms in total. The lowest BCUT2D eigenvalue weighted by molar-refractivity contribution is 0.409. The maximum absolute atomic E-state index is 4.48. The van der Waals surface area contributed by atoms with E-state index in [0.717, 1.165) is 12.8 Å². The van der Waals surface area contributed by atoms with E-state index in [2.05, 4.69) is 44.4 Å². The van der Waals surface area contributed by atoms with Crippen LogP contribution in [0.25, 0.3) is 0 Å². The van der Waals surface area contributed by atoms with E-state index in [1.165, 1.54) is 11.3 Å². The number of rotatable bonds is 3. The summed E-state index contributed by atoms with van der Waals surface area (Å²) in [7, 11) is 0. The van der Waals surface area contributed by atoms with Crippen LogP contribution in [0.5, 0.6) is 0 Å². The Morgan fingerprint density at radius 2 is 2.00 bits per heavy atom. The van der Waals surface area contributed by atoms with Crippen molar-refractivity contribution in [1.29, 1.82) is 0 Å². The molecular formula is C12H21NS. The molecule has 0 N–H and O–H groups in total. The molecule has 14 heavy (non-hydrogen) atoms. The molecule has 0 aliphatic heterocycles. The normalized spacial score (nSPS) is 12.4. The van der Waals surface area contributed by atoms with Crippen LogP contribution in [-0.2, 0) is 12.8 Å². The molecule has 0 atom stereocenters. The van der Waals surface area contributed by atoms with Gasteiger partial charge in [0.2, 0.25) is 0 Å². The zero-order valence-electron chi connectivity index (χ0n) is 9.92. The molecule has 80 valence electrons. The van der Waals surface area contributed by atoms with Crippen LogP contribution in [0, 0.1) is 11.3 Å². The SMILES string of the molecule is CC(C)Cc1nscc1CC(C)(C)C. The number of nitrogens with zero attached hydrogens (tertiary/aromatic N) is 1. The average Bonchev–Trinajstić information content (AvgIpc) is 2.32. The molecule has 1 aromatic rings. The van der Waals surface area contributed by atoms with Crippen molar-refractivity contribution < 1.29 is 0 Å². The molecule has 1 rings (SSSR count). The van der Waals surface area contributed by atoms with Crippen molar-refractivity contribution in [3.05, 3.63) is 16.6 Å². The van der Waals surface area contributed by atoms with Gasteiger partial charge in [-0.15, -0.1) is 0 Å². The zero-order chi connectivity index (χ0) is 10.8. The molecule has 0 unspecified atom stereocenters. The van der Waals surface area contributed by atoms with Crippen molar-refractivity contribution in [3.8, 4) is 0 Å². The molecule has 0 saturated carbocycles. The molecule has 0 aliphatic rings. The molecule has 2 heteroatoms. The Morgan fingerprint density at radius 1 is 1.36 bits per heavy atom. The van der Waals surface area contributed by atoms with Crippen LogP contribution in [0.1, 0.15) is 45.9 Å². The predicted octanol–water partition coefficient (Wildman–Crippen LogP) is 3.93. The third-order valence-corrected chi connectivity index (χ3v) is 2.77. The predicted molar refractivity (Wildman–Crippen MR) is 63.8 cm³/mol. The second-order valence-corrected chi connectivity index (χ2v) is 6.25. The van der Waals surface area contributed by atoms with E-state index in [4.69, 9.17) is 0 Å². The Bertz CT molecular complexity index is 281. The highest BCUT2D eigenvalue weighted by Crippen LogP contribution is 2.25. The van der Waals surface area contributed by atoms with Gasteiger partial charge in [0.05, 0.1) is 5.69 Å². The summed E-state index contributed by atoms with van der Waals surface area (Å²) in [5, 5.41) is 2.21. The topological polar surface area (TPSA) is 12.9 Å². The molecule has 0 spiro atoms. The first-order valence-electron chi connectivity index (χ1n) is 5.30. The fourth-order valence-electron chi connectivity index (χ4n) is 1.55. The van der Waals surface area contributed by atoms with Crippen LogP contribution in [0.15, 0.2) is 5.38 Å². The van der Waals surface area contributed by atoms with E-state index in [1.807, 2.05) is 0 Å². The van der Waals surface area contributed by atoms with Crippen molar-refractivity contribution in [2.24, 2.45) is 11.3 Å².